The van der Waals surface area contributed by atoms with E-state index in [1.54, 1.807) is 6.07 Å². The molecule has 0 saturated heterocycles. The van der Waals surface area contributed by atoms with Gasteiger partial charge in [0.15, 0.2) is 0 Å². The van der Waals surface area contributed by atoms with Crippen LogP contribution in [0.1, 0.15) is 12.5 Å². The van der Waals surface area contributed by atoms with Gasteiger partial charge in [0.25, 0.3) is 10.0 Å². The molecule has 5 rings (SSSR count). The second-order valence-electron chi connectivity index (χ2n) is 8.09. The Kier molecular flexibility index (Phi) is 5.09. The van der Waals surface area contributed by atoms with Crippen LogP contribution >= 0.6 is 0 Å². The minimum atomic E-state index is -4.10. The summed E-state index contributed by atoms with van der Waals surface area (Å²) in [6.07, 6.45) is 0. The van der Waals surface area contributed by atoms with Gasteiger partial charge in [0.2, 0.25) is 0 Å². The molecule has 8 heteroatoms. The maximum Gasteiger partial charge on any atom is 0.289 e. The third-order valence-corrected chi connectivity index (χ3v) is 7.21. The molecule has 0 bridgehead atoms. The fourth-order valence-electron chi connectivity index (χ4n) is 4.39. The zero-order valence-electron chi connectivity index (χ0n) is 17.6. The summed E-state index contributed by atoms with van der Waals surface area (Å²) in [5.41, 5.74) is 3.54. The molecule has 2 aliphatic rings. The van der Waals surface area contributed by atoms with E-state index >= 15 is 0 Å². The number of nitrogens with one attached hydrogen (secondary N) is 1. The molecule has 3 aromatic carbocycles. The van der Waals surface area contributed by atoms with Crippen molar-refractivity contribution in [2.75, 3.05) is 28.2 Å². The Morgan fingerprint density at radius 2 is 1.69 bits per heavy atom. The van der Waals surface area contributed by atoms with E-state index in [1.165, 1.54) is 11.6 Å². The Morgan fingerprint density at radius 3 is 2.47 bits per heavy atom. The van der Waals surface area contributed by atoms with Gasteiger partial charge >= 0.3 is 0 Å². The Hall–Kier alpha value is -3.39. The number of hydrogen-bond acceptors (Lipinski definition) is 5. The van der Waals surface area contributed by atoms with Gasteiger partial charge in [-0.3, -0.25) is 0 Å². The zero-order chi connectivity index (χ0) is 22.3. The quantitative estimate of drug-likeness (QED) is 0.644. The lowest BCUT2D eigenvalue weighted by Gasteiger charge is -2.43. The number of anilines is 3. The number of amidine groups is 1. The number of nitrogens with zero attached hydrogens (tertiary/aromatic N) is 3. The molecule has 164 valence electrons. The second kappa shape index (κ2) is 7.94. The molecule has 32 heavy (non-hydrogen) atoms. The summed E-state index contributed by atoms with van der Waals surface area (Å²) in [5.74, 6) is -0.520. The van der Waals surface area contributed by atoms with Crippen LogP contribution in [0.2, 0.25) is 0 Å². The Labute approximate surface area is 187 Å². The number of para-hydroxylation sites is 2. The highest BCUT2D eigenvalue weighted by atomic mass is 32.2. The van der Waals surface area contributed by atoms with Gasteiger partial charge in [0, 0.05) is 19.1 Å². The highest BCUT2D eigenvalue weighted by molar-refractivity contribution is 7.90. The standard InChI is InChI=1S/C24H23FN4O2S/c1-17-14-28(16-23-26-20-11-7-10-19(25)24(20)32(30,31)27-23)21-12-5-6-13-22(21)29(17)15-18-8-3-2-4-9-18/h2-13,17H,14-16H2,1H3,(H,26,27). The molecular weight excluding hydrogens is 427 g/mol. The number of hydrogen-bond donors (Lipinski definition) is 1. The van der Waals surface area contributed by atoms with Crippen molar-refractivity contribution in [2.24, 2.45) is 4.40 Å². The molecule has 2 aliphatic heterocycles. The van der Waals surface area contributed by atoms with Crippen LogP contribution in [0, 0.1) is 5.82 Å². The van der Waals surface area contributed by atoms with Gasteiger partial charge < -0.3 is 15.1 Å². The van der Waals surface area contributed by atoms with Crippen molar-refractivity contribution in [1.82, 2.24) is 0 Å². The van der Waals surface area contributed by atoms with E-state index in [9.17, 15) is 12.8 Å². The van der Waals surface area contributed by atoms with Crippen molar-refractivity contribution in [1.29, 1.82) is 0 Å². The van der Waals surface area contributed by atoms with Crippen LogP contribution in [0.15, 0.2) is 82.1 Å². The molecule has 0 saturated carbocycles. The summed E-state index contributed by atoms with van der Waals surface area (Å²) in [6, 6.07) is 22.8. The fourth-order valence-corrected chi connectivity index (χ4v) is 5.58. The third kappa shape index (κ3) is 3.71. The van der Waals surface area contributed by atoms with Crippen LogP contribution < -0.4 is 15.1 Å². The van der Waals surface area contributed by atoms with Gasteiger partial charge in [0.05, 0.1) is 23.6 Å². The second-order valence-corrected chi connectivity index (χ2v) is 9.63. The van der Waals surface area contributed by atoms with E-state index in [-0.39, 0.29) is 24.1 Å². The van der Waals surface area contributed by atoms with Crippen molar-refractivity contribution in [3.05, 3.63) is 84.2 Å². The molecule has 0 fully saturated rings. The van der Waals surface area contributed by atoms with Crippen LogP contribution in [-0.2, 0) is 16.6 Å². The molecule has 0 radical (unpaired) electrons. The molecular formula is C24H23FN4O2S. The van der Waals surface area contributed by atoms with Crippen molar-refractivity contribution < 1.29 is 12.8 Å². The first-order valence-electron chi connectivity index (χ1n) is 10.5. The molecule has 0 aliphatic carbocycles. The zero-order valence-corrected chi connectivity index (χ0v) is 18.4. The summed E-state index contributed by atoms with van der Waals surface area (Å²) in [7, 11) is -4.10. The van der Waals surface area contributed by atoms with Crippen LogP contribution in [0.5, 0.6) is 0 Å². The number of halogens is 1. The van der Waals surface area contributed by atoms with Crippen molar-refractivity contribution in [3.63, 3.8) is 0 Å². The number of fused-ring (bicyclic) bond motifs is 2. The summed E-state index contributed by atoms with van der Waals surface area (Å²) >= 11 is 0. The van der Waals surface area contributed by atoms with E-state index in [0.717, 1.165) is 24.0 Å². The number of rotatable bonds is 4. The Morgan fingerprint density at radius 1 is 0.969 bits per heavy atom. The topological polar surface area (TPSA) is 65.0 Å². The maximum atomic E-state index is 14.1. The molecule has 2 heterocycles. The molecule has 1 atom stereocenters. The van der Waals surface area contributed by atoms with E-state index in [2.05, 4.69) is 44.6 Å². The van der Waals surface area contributed by atoms with Crippen molar-refractivity contribution in [3.8, 4) is 0 Å². The largest absolute Gasteiger partial charge is 0.361 e. The minimum Gasteiger partial charge on any atom is -0.361 e. The van der Waals surface area contributed by atoms with Crippen molar-refractivity contribution in [2.45, 2.75) is 24.4 Å². The van der Waals surface area contributed by atoms with Gasteiger partial charge in [-0.1, -0.05) is 48.5 Å². The van der Waals surface area contributed by atoms with Crippen LogP contribution in [0.25, 0.3) is 0 Å². The average molecular weight is 451 g/mol. The van der Waals surface area contributed by atoms with Crippen LogP contribution in [-0.4, -0.2) is 33.4 Å². The average Bonchev–Trinajstić information content (AvgIpc) is 2.76. The summed E-state index contributed by atoms with van der Waals surface area (Å²) in [4.78, 5) is 4.08. The normalized spacial score (nSPS) is 18.9. The Bertz CT molecular complexity index is 1290. The lowest BCUT2D eigenvalue weighted by Crippen LogP contribution is -2.49. The minimum absolute atomic E-state index is 0.190. The first-order valence-corrected chi connectivity index (χ1v) is 11.9. The van der Waals surface area contributed by atoms with Crippen molar-refractivity contribution >= 4 is 32.9 Å². The maximum absolute atomic E-state index is 14.1. The number of benzene rings is 3. The molecule has 0 spiro atoms. The van der Waals surface area contributed by atoms with Gasteiger partial charge in [-0.05, 0) is 36.8 Å². The predicted octanol–water partition coefficient (Wildman–Crippen LogP) is 4.25. The molecule has 6 nitrogen and oxygen atoms in total. The van der Waals surface area contributed by atoms with E-state index in [1.807, 2.05) is 36.4 Å². The predicted molar refractivity (Wildman–Crippen MR) is 125 cm³/mol. The lowest BCUT2D eigenvalue weighted by atomic mass is 10.1. The first kappa shape index (κ1) is 20.5. The summed E-state index contributed by atoms with van der Waals surface area (Å²) in [6.45, 7) is 3.91. The van der Waals surface area contributed by atoms with Crippen LogP contribution in [0.3, 0.4) is 0 Å². The Balaban J connectivity index is 1.45. The fraction of sp³-hybridized carbons (Fsp3) is 0.208. The van der Waals surface area contributed by atoms with Crippen LogP contribution in [0.4, 0.5) is 21.5 Å². The third-order valence-electron chi connectivity index (χ3n) is 5.82. The lowest BCUT2D eigenvalue weighted by molar-refractivity contribution is 0.568. The number of sulfonamides is 1. The van der Waals surface area contributed by atoms with Gasteiger partial charge in [-0.25, -0.2) is 4.39 Å². The van der Waals surface area contributed by atoms with E-state index in [4.69, 9.17) is 0 Å². The molecule has 0 aromatic heterocycles. The van der Waals surface area contributed by atoms with E-state index < -0.39 is 20.7 Å². The summed E-state index contributed by atoms with van der Waals surface area (Å²) in [5, 5.41) is 3.01. The SMILES string of the molecule is CC1CN(CC2=NS(=O)(=O)c3c(F)cccc3N2)c2ccccc2N1Cc1ccccc1. The van der Waals surface area contributed by atoms with Gasteiger partial charge in [-0.15, -0.1) is 4.40 Å². The highest BCUT2D eigenvalue weighted by Gasteiger charge is 2.32. The van der Waals surface area contributed by atoms with E-state index in [0.29, 0.717) is 6.54 Å². The summed E-state index contributed by atoms with van der Waals surface area (Å²) < 4.78 is 43.2. The smallest absolute Gasteiger partial charge is 0.289 e. The monoisotopic (exact) mass is 450 g/mol. The highest BCUT2D eigenvalue weighted by Crippen LogP contribution is 2.37. The molecule has 0 amide bonds. The van der Waals surface area contributed by atoms with Gasteiger partial charge in [-0.2, -0.15) is 8.42 Å². The molecule has 3 aromatic rings. The molecule has 1 N–H and O–H groups in total. The molecule has 1 unspecified atom stereocenters. The van der Waals surface area contributed by atoms with Gasteiger partial charge in [0.1, 0.15) is 16.5 Å². The first-order chi connectivity index (χ1) is 15.4.